The second kappa shape index (κ2) is 4.98. The molecule has 0 amide bonds. The summed E-state index contributed by atoms with van der Waals surface area (Å²) in [6, 6.07) is 8.57. The van der Waals surface area contributed by atoms with Crippen molar-refractivity contribution in [2.75, 3.05) is 0 Å². The summed E-state index contributed by atoms with van der Waals surface area (Å²) < 4.78 is 0. The van der Waals surface area contributed by atoms with E-state index in [1.165, 1.54) is 11.1 Å². The van der Waals surface area contributed by atoms with Crippen LogP contribution in [0, 0.1) is 0 Å². The van der Waals surface area contributed by atoms with Gasteiger partial charge in [-0.3, -0.25) is 0 Å². The maximum absolute atomic E-state index is 6.39. The predicted molar refractivity (Wildman–Crippen MR) is 73.2 cm³/mol. The number of hydrogen-bond donors (Lipinski definition) is 1. The highest BCUT2D eigenvalue weighted by Gasteiger charge is 2.22. The van der Waals surface area contributed by atoms with Crippen LogP contribution in [0.15, 0.2) is 35.8 Å². The van der Waals surface area contributed by atoms with Crippen LogP contribution in [0.3, 0.4) is 0 Å². The Hall–Kier alpha value is -1.19. The standard InChI is InChI=1S/C14H18N2S/c1-3-11-4-6-12(7-5-11)14(2,15)10-13-16-8-9-17-13/h4-9H,3,10,15H2,1-2H3. The van der Waals surface area contributed by atoms with Crippen molar-refractivity contribution in [1.29, 1.82) is 0 Å². The summed E-state index contributed by atoms with van der Waals surface area (Å²) in [4.78, 5) is 4.30. The largest absolute Gasteiger partial charge is 0.321 e. The molecule has 1 aromatic heterocycles. The highest BCUT2D eigenvalue weighted by molar-refractivity contribution is 7.09. The number of rotatable bonds is 4. The van der Waals surface area contributed by atoms with E-state index in [-0.39, 0.29) is 5.54 Å². The summed E-state index contributed by atoms with van der Waals surface area (Å²) in [6.07, 6.45) is 3.68. The molecule has 0 aliphatic rings. The third-order valence-corrected chi connectivity index (χ3v) is 3.80. The van der Waals surface area contributed by atoms with Crippen molar-refractivity contribution >= 4 is 11.3 Å². The first-order valence-electron chi connectivity index (χ1n) is 5.88. The van der Waals surface area contributed by atoms with Crippen molar-refractivity contribution in [2.24, 2.45) is 5.73 Å². The molecule has 0 aliphatic carbocycles. The maximum atomic E-state index is 6.39. The molecule has 1 atom stereocenters. The van der Waals surface area contributed by atoms with E-state index in [9.17, 15) is 0 Å². The fourth-order valence-corrected chi connectivity index (χ4v) is 2.66. The van der Waals surface area contributed by atoms with Crippen molar-refractivity contribution in [1.82, 2.24) is 4.98 Å². The van der Waals surface area contributed by atoms with Gasteiger partial charge in [-0.25, -0.2) is 4.98 Å². The molecule has 0 fully saturated rings. The van der Waals surface area contributed by atoms with E-state index in [0.29, 0.717) is 0 Å². The first kappa shape index (κ1) is 12.3. The molecule has 2 aromatic rings. The molecule has 2 N–H and O–H groups in total. The van der Waals surface area contributed by atoms with E-state index < -0.39 is 0 Å². The van der Waals surface area contributed by atoms with E-state index >= 15 is 0 Å². The van der Waals surface area contributed by atoms with E-state index in [1.807, 2.05) is 11.6 Å². The Kier molecular flexibility index (Phi) is 3.60. The highest BCUT2D eigenvalue weighted by atomic mass is 32.1. The molecular formula is C14H18N2S. The van der Waals surface area contributed by atoms with Gasteiger partial charge in [0.2, 0.25) is 0 Å². The van der Waals surface area contributed by atoms with Gasteiger partial charge in [0, 0.05) is 23.5 Å². The zero-order chi connectivity index (χ0) is 12.3. The quantitative estimate of drug-likeness (QED) is 0.900. The number of nitrogens with zero attached hydrogens (tertiary/aromatic N) is 1. The number of nitrogens with two attached hydrogens (primary N) is 1. The van der Waals surface area contributed by atoms with Crippen molar-refractivity contribution in [2.45, 2.75) is 32.2 Å². The summed E-state index contributed by atoms with van der Waals surface area (Å²) in [5, 5.41) is 3.08. The molecule has 2 rings (SSSR count). The van der Waals surface area contributed by atoms with Crippen LogP contribution < -0.4 is 5.73 Å². The Balaban J connectivity index is 2.18. The van der Waals surface area contributed by atoms with Crippen LogP contribution in [-0.4, -0.2) is 4.98 Å². The third kappa shape index (κ3) is 2.93. The molecule has 17 heavy (non-hydrogen) atoms. The Morgan fingerprint density at radius 3 is 2.53 bits per heavy atom. The van der Waals surface area contributed by atoms with Gasteiger partial charge in [-0.2, -0.15) is 0 Å². The van der Waals surface area contributed by atoms with Gasteiger partial charge in [-0.15, -0.1) is 11.3 Å². The lowest BCUT2D eigenvalue weighted by molar-refractivity contribution is 0.490. The fraction of sp³-hybridized carbons (Fsp3) is 0.357. The number of aryl methyl sites for hydroxylation is 1. The molecule has 2 nitrogen and oxygen atoms in total. The minimum Gasteiger partial charge on any atom is -0.321 e. The molecule has 3 heteroatoms. The lowest BCUT2D eigenvalue weighted by Crippen LogP contribution is -2.35. The Morgan fingerprint density at radius 2 is 2.00 bits per heavy atom. The minimum atomic E-state index is -0.343. The second-order valence-electron chi connectivity index (χ2n) is 4.57. The van der Waals surface area contributed by atoms with Gasteiger partial charge < -0.3 is 5.73 Å². The average molecular weight is 246 g/mol. The van der Waals surface area contributed by atoms with Crippen LogP contribution in [0.2, 0.25) is 0 Å². The minimum absolute atomic E-state index is 0.343. The van der Waals surface area contributed by atoms with Gasteiger partial charge in [-0.1, -0.05) is 31.2 Å². The number of aromatic nitrogens is 1. The number of hydrogen-bond acceptors (Lipinski definition) is 3. The van der Waals surface area contributed by atoms with Crippen LogP contribution in [0.4, 0.5) is 0 Å². The lowest BCUT2D eigenvalue weighted by Gasteiger charge is -2.24. The van der Waals surface area contributed by atoms with Gasteiger partial charge in [0.1, 0.15) is 0 Å². The molecule has 0 bridgehead atoms. The summed E-state index contributed by atoms with van der Waals surface area (Å²) in [7, 11) is 0. The van der Waals surface area contributed by atoms with E-state index in [1.54, 1.807) is 11.3 Å². The molecule has 1 aromatic carbocycles. The third-order valence-electron chi connectivity index (χ3n) is 3.02. The van der Waals surface area contributed by atoms with Crippen molar-refractivity contribution in [3.05, 3.63) is 52.0 Å². The maximum Gasteiger partial charge on any atom is 0.0946 e. The molecular weight excluding hydrogens is 228 g/mol. The molecule has 0 spiro atoms. The number of thiazole rings is 1. The monoisotopic (exact) mass is 246 g/mol. The van der Waals surface area contributed by atoms with E-state index in [0.717, 1.165) is 17.8 Å². The molecule has 1 unspecified atom stereocenters. The lowest BCUT2D eigenvalue weighted by atomic mass is 9.89. The van der Waals surface area contributed by atoms with Crippen LogP contribution >= 0.6 is 11.3 Å². The smallest absolute Gasteiger partial charge is 0.0946 e. The van der Waals surface area contributed by atoms with Crippen molar-refractivity contribution < 1.29 is 0 Å². The van der Waals surface area contributed by atoms with E-state index in [4.69, 9.17) is 5.73 Å². The molecule has 0 aliphatic heterocycles. The SMILES string of the molecule is CCc1ccc(C(C)(N)Cc2nccs2)cc1. The van der Waals surface area contributed by atoms with Crippen molar-refractivity contribution in [3.63, 3.8) is 0 Å². The first-order chi connectivity index (χ1) is 8.12. The van der Waals surface area contributed by atoms with E-state index in [2.05, 4.69) is 43.1 Å². The van der Waals surface area contributed by atoms with Gasteiger partial charge >= 0.3 is 0 Å². The van der Waals surface area contributed by atoms with Crippen LogP contribution in [0.1, 0.15) is 30.0 Å². The van der Waals surface area contributed by atoms with Gasteiger partial charge in [0.15, 0.2) is 0 Å². The first-order valence-corrected chi connectivity index (χ1v) is 6.76. The molecule has 0 radical (unpaired) electrons. The summed E-state index contributed by atoms with van der Waals surface area (Å²) in [5.41, 5.74) is 8.56. The Bertz CT molecular complexity index is 457. The second-order valence-corrected chi connectivity index (χ2v) is 5.55. The highest BCUT2D eigenvalue weighted by Crippen LogP contribution is 2.24. The summed E-state index contributed by atoms with van der Waals surface area (Å²) in [5.74, 6) is 0. The molecule has 90 valence electrons. The number of benzene rings is 1. The normalized spacial score (nSPS) is 14.5. The van der Waals surface area contributed by atoms with Gasteiger partial charge in [0.05, 0.1) is 5.01 Å². The Morgan fingerprint density at radius 1 is 1.29 bits per heavy atom. The Labute approximate surface area is 107 Å². The molecule has 0 saturated heterocycles. The zero-order valence-electron chi connectivity index (χ0n) is 10.3. The summed E-state index contributed by atoms with van der Waals surface area (Å²) >= 11 is 1.66. The zero-order valence-corrected chi connectivity index (χ0v) is 11.1. The topological polar surface area (TPSA) is 38.9 Å². The van der Waals surface area contributed by atoms with Crippen LogP contribution in [-0.2, 0) is 18.4 Å². The van der Waals surface area contributed by atoms with Gasteiger partial charge in [0.25, 0.3) is 0 Å². The predicted octanol–water partition coefficient (Wildman–Crippen LogP) is 3.12. The molecule has 1 heterocycles. The fourth-order valence-electron chi connectivity index (χ4n) is 1.88. The van der Waals surface area contributed by atoms with Crippen LogP contribution in [0.5, 0.6) is 0 Å². The summed E-state index contributed by atoms with van der Waals surface area (Å²) in [6.45, 7) is 4.22. The average Bonchev–Trinajstić information content (AvgIpc) is 2.81. The molecule has 0 saturated carbocycles. The van der Waals surface area contributed by atoms with Crippen LogP contribution in [0.25, 0.3) is 0 Å². The van der Waals surface area contributed by atoms with Gasteiger partial charge in [-0.05, 0) is 24.5 Å². The van der Waals surface area contributed by atoms with Crippen molar-refractivity contribution in [3.8, 4) is 0 Å².